The van der Waals surface area contributed by atoms with E-state index in [1.54, 1.807) is 7.05 Å². The summed E-state index contributed by atoms with van der Waals surface area (Å²) in [5.41, 5.74) is 0. The van der Waals surface area contributed by atoms with Crippen molar-refractivity contribution in [3.63, 3.8) is 0 Å². The van der Waals surface area contributed by atoms with Gasteiger partial charge in [-0.05, 0) is 44.0 Å². The first-order chi connectivity index (χ1) is 12.7. The number of nitrogens with zero attached hydrogens (tertiary/aromatic N) is 4. The van der Waals surface area contributed by atoms with Crippen LogP contribution in [0.15, 0.2) is 29.3 Å². The standard InChI is InChI=1S/C18H25ClN6O/c1-13(26-15-8-6-14(19)7-9-15)11-21-18(20-2)22-12-17-24-23-16-5-3-4-10-25(16)17/h6-9,13H,3-5,10-12H2,1-2H3,(H2,20,21,22). The first kappa shape index (κ1) is 18.5. The molecule has 140 valence electrons. The summed E-state index contributed by atoms with van der Waals surface area (Å²) in [5.74, 6) is 3.54. The van der Waals surface area contributed by atoms with Crippen molar-refractivity contribution in [3.05, 3.63) is 40.9 Å². The zero-order valence-electron chi connectivity index (χ0n) is 15.2. The minimum Gasteiger partial charge on any atom is -0.489 e. The van der Waals surface area contributed by atoms with Gasteiger partial charge in [-0.15, -0.1) is 10.2 Å². The summed E-state index contributed by atoms with van der Waals surface area (Å²) in [6, 6.07) is 7.36. The summed E-state index contributed by atoms with van der Waals surface area (Å²) < 4.78 is 8.06. The number of aromatic nitrogens is 3. The van der Waals surface area contributed by atoms with E-state index < -0.39 is 0 Å². The van der Waals surface area contributed by atoms with Crippen molar-refractivity contribution in [2.45, 2.75) is 45.4 Å². The fraction of sp³-hybridized carbons (Fsp3) is 0.500. The van der Waals surface area contributed by atoms with Crippen LogP contribution < -0.4 is 15.4 Å². The molecular weight excluding hydrogens is 352 g/mol. The van der Waals surface area contributed by atoms with Gasteiger partial charge in [0.05, 0.1) is 13.1 Å². The van der Waals surface area contributed by atoms with Gasteiger partial charge in [0.1, 0.15) is 17.7 Å². The Kier molecular flexibility index (Phi) is 6.33. The lowest BCUT2D eigenvalue weighted by molar-refractivity contribution is 0.224. The number of aryl methyl sites for hydroxylation is 1. The summed E-state index contributed by atoms with van der Waals surface area (Å²) in [5, 5.41) is 15.8. The Hall–Kier alpha value is -2.28. The number of rotatable bonds is 6. The van der Waals surface area contributed by atoms with Crippen LogP contribution in [0.2, 0.25) is 5.02 Å². The summed E-state index contributed by atoms with van der Waals surface area (Å²) >= 11 is 5.89. The number of hydrogen-bond acceptors (Lipinski definition) is 4. The van der Waals surface area contributed by atoms with Crippen LogP contribution in [-0.2, 0) is 19.5 Å². The van der Waals surface area contributed by atoms with Crippen molar-refractivity contribution in [3.8, 4) is 5.75 Å². The Balaban J connectivity index is 1.46. The molecule has 1 aromatic carbocycles. The van der Waals surface area contributed by atoms with Gasteiger partial charge in [-0.2, -0.15) is 0 Å². The van der Waals surface area contributed by atoms with Gasteiger partial charge in [0, 0.05) is 25.0 Å². The van der Waals surface area contributed by atoms with Crippen molar-refractivity contribution in [1.82, 2.24) is 25.4 Å². The molecule has 0 fully saturated rings. The van der Waals surface area contributed by atoms with Crippen LogP contribution in [-0.4, -0.2) is 40.4 Å². The fourth-order valence-corrected chi connectivity index (χ4v) is 3.04. The van der Waals surface area contributed by atoms with Crippen LogP contribution in [0, 0.1) is 0 Å². The summed E-state index contributed by atoms with van der Waals surface area (Å²) in [6.45, 7) is 4.22. The number of halogens is 1. The molecule has 1 aliphatic heterocycles. The maximum absolute atomic E-state index is 5.89. The topological polar surface area (TPSA) is 76.4 Å². The molecule has 1 aliphatic rings. The van der Waals surface area contributed by atoms with Gasteiger partial charge < -0.3 is 19.9 Å². The number of hydrogen-bond donors (Lipinski definition) is 2. The first-order valence-electron chi connectivity index (χ1n) is 8.93. The van der Waals surface area contributed by atoms with Crippen LogP contribution in [0.3, 0.4) is 0 Å². The number of aliphatic imine (C=N–C) groups is 1. The van der Waals surface area contributed by atoms with Gasteiger partial charge in [-0.25, -0.2) is 0 Å². The molecule has 0 saturated carbocycles. The third kappa shape index (κ3) is 4.88. The zero-order chi connectivity index (χ0) is 18.4. The normalized spacial score (nSPS) is 15.3. The van der Waals surface area contributed by atoms with E-state index in [1.165, 1.54) is 12.8 Å². The highest BCUT2D eigenvalue weighted by Gasteiger charge is 2.15. The molecule has 3 rings (SSSR count). The highest BCUT2D eigenvalue weighted by atomic mass is 35.5. The van der Waals surface area contributed by atoms with E-state index in [4.69, 9.17) is 16.3 Å². The van der Waals surface area contributed by atoms with E-state index in [2.05, 4.69) is 30.4 Å². The zero-order valence-corrected chi connectivity index (χ0v) is 16.0. The largest absolute Gasteiger partial charge is 0.489 e. The van der Waals surface area contributed by atoms with E-state index in [9.17, 15) is 0 Å². The molecule has 0 saturated heterocycles. The third-order valence-electron chi connectivity index (χ3n) is 4.28. The molecular formula is C18H25ClN6O. The van der Waals surface area contributed by atoms with E-state index >= 15 is 0 Å². The Morgan fingerprint density at radius 2 is 2.08 bits per heavy atom. The molecule has 8 heteroatoms. The van der Waals surface area contributed by atoms with E-state index in [0.29, 0.717) is 24.1 Å². The smallest absolute Gasteiger partial charge is 0.191 e. The van der Waals surface area contributed by atoms with Crippen molar-refractivity contribution in [2.75, 3.05) is 13.6 Å². The molecule has 0 aliphatic carbocycles. The van der Waals surface area contributed by atoms with Crippen LogP contribution in [0.25, 0.3) is 0 Å². The number of ether oxygens (including phenoxy) is 1. The molecule has 26 heavy (non-hydrogen) atoms. The summed E-state index contributed by atoms with van der Waals surface area (Å²) in [6.07, 6.45) is 3.38. The number of fused-ring (bicyclic) bond motifs is 1. The Labute approximate surface area is 158 Å². The molecule has 0 radical (unpaired) electrons. The van der Waals surface area contributed by atoms with Crippen molar-refractivity contribution >= 4 is 17.6 Å². The van der Waals surface area contributed by atoms with Crippen LogP contribution >= 0.6 is 11.6 Å². The average molecular weight is 377 g/mol. The average Bonchev–Trinajstić information content (AvgIpc) is 3.07. The maximum Gasteiger partial charge on any atom is 0.191 e. The minimum absolute atomic E-state index is 0.0180. The number of nitrogens with one attached hydrogen (secondary N) is 2. The van der Waals surface area contributed by atoms with Crippen LogP contribution in [0.4, 0.5) is 0 Å². The monoisotopic (exact) mass is 376 g/mol. The first-order valence-corrected chi connectivity index (χ1v) is 9.31. The number of benzene rings is 1. The van der Waals surface area contributed by atoms with Crippen molar-refractivity contribution in [2.24, 2.45) is 4.99 Å². The predicted octanol–water partition coefficient (Wildman–Crippen LogP) is 2.40. The molecule has 7 nitrogen and oxygen atoms in total. The van der Waals surface area contributed by atoms with E-state index in [1.807, 2.05) is 31.2 Å². The molecule has 2 heterocycles. The van der Waals surface area contributed by atoms with Gasteiger partial charge in [-0.3, -0.25) is 4.99 Å². The summed E-state index contributed by atoms with van der Waals surface area (Å²) in [7, 11) is 1.75. The van der Waals surface area contributed by atoms with Crippen LogP contribution in [0.1, 0.15) is 31.4 Å². The third-order valence-corrected chi connectivity index (χ3v) is 4.53. The van der Waals surface area contributed by atoms with E-state index in [0.717, 1.165) is 30.4 Å². The van der Waals surface area contributed by atoms with Crippen molar-refractivity contribution in [1.29, 1.82) is 0 Å². The molecule has 0 spiro atoms. The van der Waals surface area contributed by atoms with Gasteiger partial charge in [0.15, 0.2) is 11.8 Å². The van der Waals surface area contributed by atoms with Gasteiger partial charge in [0.25, 0.3) is 0 Å². The highest BCUT2D eigenvalue weighted by Crippen LogP contribution is 2.16. The second kappa shape index (κ2) is 8.89. The SMILES string of the molecule is CN=C(NCc1nnc2n1CCCC2)NCC(C)Oc1ccc(Cl)cc1. The molecule has 1 atom stereocenters. The lowest BCUT2D eigenvalue weighted by atomic mass is 10.2. The van der Waals surface area contributed by atoms with Gasteiger partial charge in [-0.1, -0.05) is 11.6 Å². The van der Waals surface area contributed by atoms with Gasteiger partial charge in [0.2, 0.25) is 0 Å². The van der Waals surface area contributed by atoms with Crippen molar-refractivity contribution < 1.29 is 4.74 Å². The lowest BCUT2D eigenvalue weighted by Crippen LogP contribution is -2.41. The molecule has 2 aromatic rings. The van der Waals surface area contributed by atoms with Crippen LogP contribution in [0.5, 0.6) is 5.75 Å². The molecule has 2 N–H and O–H groups in total. The highest BCUT2D eigenvalue weighted by molar-refractivity contribution is 6.30. The van der Waals surface area contributed by atoms with Gasteiger partial charge >= 0.3 is 0 Å². The molecule has 1 aromatic heterocycles. The molecule has 0 bridgehead atoms. The Morgan fingerprint density at radius 1 is 1.27 bits per heavy atom. The van der Waals surface area contributed by atoms with E-state index in [-0.39, 0.29) is 6.10 Å². The molecule has 0 amide bonds. The number of guanidine groups is 1. The predicted molar refractivity (Wildman–Crippen MR) is 103 cm³/mol. The lowest BCUT2D eigenvalue weighted by Gasteiger charge is -2.18. The Morgan fingerprint density at radius 3 is 2.85 bits per heavy atom. The quantitative estimate of drug-likeness (QED) is 0.598. The second-order valence-electron chi connectivity index (χ2n) is 6.33. The maximum atomic E-state index is 5.89. The second-order valence-corrected chi connectivity index (χ2v) is 6.77. The summed E-state index contributed by atoms with van der Waals surface area (Å²) in [4.78, 5) is 4.25. The minimum atomic E-state index is -0.0180. The fourth-order valence-electron chi connectivity index (χ4n) is 2.91. The molecule has 1 unspecified atom stereocenters. The Bertz CT molecular complexity index is 743.